The highest BCUT2D eigenvalue weighted by molar-refractivity contribution is 6.42. The van der Waals surface area contributed by atoms with Crippen molar-refractivity contribution in [3.05, 3.63) is 105 Å². The van der Waals surface area contributed by atoms with Crippen molar-refractivity contribution >= 4 is 34.9 Å². The predicted molar refractivity (Wildman–Crippen MR) is 117 cm³/mol. The minimum Gasteiger partial charge on any atom is -0.313 e. The summed E-state index contributed by atoms with van der Waals surface area (Å²) in [6.45, 7) is 2.04. The molecule has 1 aliphatic rings. The molecular formula is C24H18Cl2FNO2. The minimum absolute atomic E-state index is 0.0831. The molecule has 1 saturated carbocycles. The van der Waals surface area contributed by atoms with E-state index in [-0.39, 0.29) is 28.2 Å². The molecule has 0 aliphatic heterocycles. The van der Waals surface area contributed by atoms with Crippen LogP contribution in [-0.4, -0.2) is 11.7 Å². The number of carbonyl (C=O) groups excluding carboxylic acids is 1. The Bertz CT molecular complexity index is 1110. The molecule has 3 nitrogen and oxygen atoms in total. The number of oxime groups is 1. The molecule has 30 heavy (non-hydrogen) atoms. The fraction of sp³-hybridized carbons (Fsp3) is 0.167. The largest absolute Gasteiger partial charge is 0.365 e. The molecule has 6 heteroatoms. The second kappa shape index (κ2) is 8.58. The van der Waals surface area contributed by atoms with E-state index < -0.39 is 5.97 Å². The molecule has 0 amide bonds. The third-order valence-electron chi connectivity index (χ3n) is 5.17. The van der Waals surface area contributed by atoms with Gasteiger partial charge in [-0.1, -0.05) is 70.3 Å². The topological polar surface area (TPSA) is 38.7 Å². The van der Waals surface area contributed by atoms with Crippen molar-refractivity contribution < 1.29 is 14.0 Å². The average Bonchev–Trinajstić information content (AvgIpc) is 3.52. The molecule has 0 heterocycles. The van der Waals surface area contributed by atoms with Gasteiger partial charge in [0.15, 0.2) is 0 Å². The van der Waals surface area contributed by atoms with E-state index >= 15 is 0 Å². The van der Waals surface area contributed by atoms with Gasteiger partial charge in [0.2, 0.25) is 0 Å². The molecule has 0 radical (unpaired) electrons. The molecule has 3 aromatic rings. The summed E-state index contributed by atoms with van der Waals surface area (Å²) in [6.07, 6.45) is 0.879. The van der Waals surface area contributed by atoms with Crippen LogP contribution >= 0.6 is 23.2 Å². The first-order valence-corrected chi connectivity index (χ1v) is 10.2. The lowest BCUT2D eigenvalue weighted by Crippen LogP contribution is -2.09. The van der Waals surface area contributed by atoms with Crippen LogP contribution in [-0.2, 0) is 4.84 Å². The zero-order chi connectivity index (χ0) is 21.3. The fourth-order valence-electron chi connectivity index (χ4n) is 3.40. The van der Waals surface area contributed by atoms with Crippen molar-refractivity contribution in [1.29, 1.82) is 0 Å². The Morgan fingerprint density at radius 3 is 2.30 bits per heavy atom. The lowest BCUT2D eigenvalue weighted by Gasteiger charge is -2.08. The van der Waals surface area contributed by atoms with Crippen LogP contribution in [0.2, 0.25) is 10.0 Å². The third kappa shape index (κ3) is 4.55. The molecule has 0 aromatic heterocycles. The summed E-state index contributed by atoms with van der Waals surface area (Å²) in [5.41, 5.74) is 3.99. The minimum atomic E-state index is -0.638. The fourth-order valence-corrected chi connectivity index (χ4v) is 3.70. The normalized spacial score (nSPS) is 18.2. The molecule has 0 bridgehead atoms. The molecule has 0 unspecified atom stereocenters. The number of rotatable bonds is 5. The highest BCUT2D eigenvalue weighted by atomic mass is 35.5. The Morgan fingerprint density at radius 2 is 1.63 bits per heavy atom. The van der Waals surface area contributed by atoms with E-state index in [0.29, 0.717) is 10.7 Å². The van der Waals surface area contributed by atoms with Crippen molar-refractivity contribution in [3.8, 4) is 0 Å². The number of hydrogen-bond donors (Lipinski definition) is 0. The summed E-state index contributed by atoms with van der Waals surface area (Å²) in [4.78, 5) is 17.7. The van der Waals surface area contributed by atoms with Crippen LogP contribution in [0.3, 0.4) is 0 Å². The van der Waals surface area contributed by atoms with E-state index in [2.05, 4.69) is 29.4 Å². The van der Waals surface area contributed by atoms with Crippen LogP contribution in [0, 0.1) is 18.7 Å². The van der Waals surface area contributed by atoms with Gasteiger partial charge in [0.05, 0.1) is 21.3 Å². The quantitative estimate of drug-likeness (QED) is 0.248. The summed E-state index contributed by atoms with van der Waals surface area (Å²) in [7, 11) is 0. The van der Waals surface area contributed by atoms with Gasteiger partial charge in [0, 0.05) is 5.92 Å². The second-order valence-electron chi connectivity index (χ2n) is 7.35. The van der Waals surface area contributed by atoms with Gasteiger partial charge >= 0.3 is 5.97 Å². The molecule has 152 valence electrons. The monoisotopic (exact) mass is 441 g/mol. The van der Waals surface area contributed by atoms with Gasteiger partial charge in [-0.3, -0.25) is 0 Å². The first-order chi connectivity index (χ1) is 14.4. The lowest BCUT2D eigenvalue weighted by molar-refractivity contribution is 0.0515. The van der Waals surface area contributed by atoms with Crippen LogP contribution in [0.5, 0.6) is 0 Å². The van der Waals surface area contributed by atoms with Gasteiger partial charge in [-0.15, -0.1) is 0 Å². The number of carbonyl (C=O) groups is 1. The van der Waals surface area contributed by atoms with Gasteiger partial charge in [-0.25, -0.2) is 9.18 Å². The van der Waals surface area contributed by atoms with Crippen molar-refractivity contribution in [3.63, 3.8) is 0 Å². The first kappa shape index (κ1) is 20.6. The first-order valence-electron chi connectivity index (χ1n) is 9.49. The zero-order valence-electron chi connectivity index (χ0n) is 16.1. The van der Waals surface area contributed by atoms with E-state index in [4.69, 9.17) is 28.0 Å². The van der Waals surface area contributed by atoms with Crippen LogP contribution in [0.4, 0.5) is 4.39 Å². The van der Waals surface area contributed by atoms with E-state index in [1.165, 1.54) is 41.5 Å². The maximum absolute atomic E-state index is 13.4. The second-order valence-corrected chi connectivity index (χ2v) is 8.16. The molecule has 0 saturated heterocycles. The van der Waals surface area contributed by atoms with Gasteiger partial charge in [-0.2, -0.15) is 0 Å². The molecule has 1 aliphatic carbocycles. The number of halogens is 3. The summed E-state index contributed by atoms with van der Waals surface area (Å²) < 4.78 is 13.4. The Labute approximate surface area is 184 Å². The average molecular weight is 442 g/mol. The van der Waals surface area contributed by atoms with Crippen LogP contribution in [0.15, 0.2) is 71.9 Å². The summed E-state index contributed by atoms with van der Waals surface area (Å²) in [6, 6.07) is 18.9. The van der Waals surface area contributed by atoms with Crippen LogP contribution in [0.1, 0.15) is 39.4 Å². The highest BCUT2D eigenvalue weighted by Crippen LogP contribution is 2.49. The Balaban J connectivity index is 1.59. The SMILES string of the molecule is Cc1ccc([C@H]2C[C@H]2/C(=N\OC(=O)c2ccc(Cl)c(Cl)c2)c2ccc(F)cc2)cc1. The summed E-state index contributed by atoms with van der Waals surface area (Å²) >= 11 is 11.9. The zero-order valence-corrected chi connectivity index (χ0v) is 17.6. The van der Waals surface area contributed by atoms with Gasteiger partial charge in [0.1, 0.15) is 5.82 Å². The van der Waals surface area contributed by atoms with Gasteiger partial charge < -0.3 is 4.84 Å². The van der Waals surface area contributed by atoms with E-state index in [0.717, 1.165) is 12.0 Å². The van der Waals surface area contributed by atoms with Gasteiger partial charge in [-0.05, 0) is 60.7 Å². The van der Waals surface area contributed by atoms with E-state index in [1.807, 2.05) is 6.92 Å². The summed E-state index contributed by atoms with van der Waals surface area (Å²) in [5, 5.41) is 4.79. The summed E-state index contributed by atoms with van der Waals surface area (Å²) in [5.74, 6) is -0.615. The van der Waals surface area contributed by atoms with Gasteiger partial charge in [0.25, 0.3) is 0 Å². The molecule has 1 fully saturated rings. The molecule has 3 aromatic carbocycles. The lowest BCUT2D eigenvalue weighted by atomic mass is 10.0. The van der Waals surface area contributed by atoms with Crippen molar-refractivity contribution in [2.24, 2.45) is 11.1 Å². The van der Waals surface area contributed by atoms with Crippen molar-refractivity contribution in [1.82, 2.24) is 0 Å². The standard InChI is InChI=1S/C24H18Cl2FNO2/c1-14-2-4-15(5-3-14)19-13-20(19)23(16-6-9-18(27)10-7-16)28-30-24(29)17-8-11-21(25)22(26)12-17/h2-12,19-20H,13H2,1H3/b28-23-/t19-,20-/m1/s1. The molecule has 0 N–H and O–H groups in total. The molecule has 4 rings (SSSR count). The van der Waals surface area contributed by atoms with E-state index in [1.54, 1.807) is 12.1 Å². The van der Waals surface area contributed by atoms with E-state index in [9.17, 15) is 9.18 Å². The number of aryl methyl sites for hydroxylation is 1. The molecule has 2 atom stereocenters. The third-order valence-corrected chi connectivity index (χ3v) is 5.91. The van der Waals surface area contributed by atoms with Crippen LogP contribution < -0.4 is 0 Å². The maximum Gasteiger partial charge on any atom is 0.365 e. The van der Waals surface area contributed by atoms with Crippen LogP contribution in [0.25, 0.3) is 0 Å². The van der Waals surface area contributed by atoms with Crippen molar-refractivity contribution in [2.45, 2.75) is 19.3 Å². The Morgan fingerprint density at radius 1 is 0.967 bits per heavy atom. The number of nitrogens with zero attached hydrogens (tertiary/aromatic N) is 1. The molecule has 0 spiro atoms. The highest BCUT2D eigenvalue weighted by Gasteiger charge is 2.43. The maximum atomic E-state index is 13.4. The Hall–Kier alpha value is -2.69. The smallest absolute Gasteiger partial charge is 0.313 e. The molecular weight excluding hydrogens is 424 g/mol. The van der Waals surface area contributed by atoms with Crippen molar-refractivity contribution in [2.75, 3.05) is 0 Å². The predicted octanol–water partition coefficient (Wildman–Crippen LogP) is 6.81. The number of benzene rings is 3. The Kier molecular flexibility index (Phi) is 5.89. The number of hydrogen-bond acceptors (Lipinski definition) is 3.